The van der Waals surface area contributed by atoms with Crippen LogP contribution < -0.4 is 10.6 Å². The van der Waals surface area contributed by atoms with E-state index >= 15 is 0 Å². The van der Waals surface area contributed by atoms with Gasteiger partial charge in [0.05, 0.1) is 13.1 Å². The van der Waals surface area contributed by atoms with E-state index in [4.69, 9.17) is 16.6 Å². The molecule has 2 N–H and O–H groups in total. The van der Waals surface area contributed by atoms with Crippen LogP contribution in [-0.2, 0) is 26.6 Å². The molecule has 0 saturated carbocycles. The lowest BCUT2D eigenvalue weighted by molar-refractivity contribution is 0.712. The highest BCUT2D eigenvalue weighted by atomic mass is 35.5. The van der Waals surface area contributed by atoms with Crippen molar-refractivity contribution < 1.29 is 0 Å². The Bertz CT molecular complexity index is 904. The Labute approximate surface area is 169 Å². The molecule has 0 aliphatic heterocycles. The normalized spacial score (nSPS) is 11.5. The molecule has 0 aliphatic rings. The fraction of sp³-hybridized carbons (Fsp3) is 0.300. The Balaban J connectivity index is 1.61. The van der Waals surface area contributed by atoms with Crippen LogP contribution in [0.25, 0.3) is 0 Å². The summed E-state index contributed by atoms with van der Waals surface area (Å²) in [6.45, 7) is 3.79. The van der Waals surface area contributed by atoms with Crippen molar-refractivity contribution in [1.82, 2.24) is 30.4 Å². The quantitative estimate of drug-likeness (QED) is 0.364. The number of rotatable bonds is 7. The number of hydrogen-bond donors (Lipinski definition) is 2. The van der Waals surface area contributed by atoms with Gasteiger partial charge in [-0.15, -0.1) is 10.2 Å². The van der Waals surface area contributed by atoms with E-state index in [-0.39, 0.29) is 0 Å². The van der Waals surface area contributed by atoms with Crippen molar-refractivity contribution >= 4 is 17.6 Å². The van der Waals surface area contributed by atoms with Gasteiger partial charge in [0.1, 0.15) is 11.0 Å². The van der Waals surface area contributed by atoms with Gasteiger partial charge >= 0.3 is 0 Å². The molecule has 3 aromatic rings. The molecule has 2 heterocycles. The maximum atomic E-state index is 5.84. The van der Waals surface area contributed by atoms with Crippen LogP contribution in [0.5, 0.6) is 0 Å². The zero-order valence-corrected chi connectivity index (χ0v) is 16.8. The summed E-state index contributed by atoms with van der Waals surface area (Å²) < 4.78 is 1.96. The maximum Gasteiger partial charge on any atom is 0.191 e. The van der Waals surface area contributed by atoms with E-state index in [0.29, 0.717) is 18.2 Å². The molecule has 0 amide bonds. The second-order valence-corrected chi connectivity index (χ2v) is 6.78. The number of hydrogen-bond acceptors (Lipinski definition) is 4. The molecular formula is C20H24ClN7. The molecule has 0 atom stereocenters. The summed E-state index contributed by atoms with van der Waals surface area (Å²) in [5.74, 6) is 2.46. The third-order valence-electron chi connectivity index (χ3n) is 4.35. The van der Waals surface area contributed by atoms with Crippen LogP contribution in [0, 0.1) is 6.92 Å². The molecule has 8 heteroatoms. The minimum Gasteiger partial charge on any atom is -0.356 e. The van der Waals surface area contributed by atoms with E-state index in [1.807, 2.05) is 42.8 Å². The van der Waals surface area contributed by atoms with Gasteiger partial charge in [-0.05, 0) is 30.5 Å². The van der Waals surface area contributed by atoms with Gasteiger partial charge in [-0.3, -0.25) is 0 Å². The largest absolute Gasteiger partial charge is 0.356 e. The predicted octanol–water partition coefficient (Wildman–Crippen LogP) is 2.65. The van der Waals surface area contributed by atoms with Crippen molar-refractivity contribution in [2.75, 3.05) is 6.54 Å². The first-order valence-electron chi connectivity index (χ1n) is 9.13. The summed E-state index contributed by atoms with van der Waals surface area (Å²) >= 11 is 5.84. The van der Waals surface area contributed by atoms with E-state index in [9.17, 15) is 0 Å². The third kappa shape index (κ3) is 5.79. The average molecular weight is 398 g/mol. The Morgan fingerprint density at radius 2 is 1.89 bits per heavy atom. The van der Waals surface area contributed by atoms with Crippen LogP contribution in [0.2, 0.25) is 5.15 Å². The molecule has 0 bridgehead atoms. The predicted molar refractivity (Wildman–Crippen MR) is 111 cm³/mol. The van der Waals surface area contributed by atoms with E-state index in [1.54, 1.807) is 12.3 Å². The molecule has 0 saturated heterocycles. The second kappa shape index (κ2) is 9.85. The Kier molecular flexibility index (Phi) is 6.97. The minimum absolute atomic E-state index is 0.502. The molecule has 0 radical (unpaired) electrons. The molecule has 1 aromatic carbocycles. The smallest absolute Gasteiger partial charge is 0.191 e. The number of halogens is 1. The molecule has 2 aromatic heterocycles. The maximum absolute atomic E-state index is 5.84. The van der Waals surface area contributed by atoms with Crippen molar-refractivity contribution in [1.29, 1.82) is 0 Å². The number of aliphatic imine (C=N–C) groups is 1. The second-order valence-electron chi connectivity index (χ2n) is 6.39. The van der Waals surface area contributed by atoms with Crippen LogP contribution in [0.1, 0.15) is 22.8 Å². The summed E-state index contributed by atoms with van der Waals surface area (Å²) in [6, 6.07) is 13.9. The molecule has 28 heavy (non-hydrogen) atoms. The lowest BCUT2D eigenvalue weighted by Gasteiger charge is -2.13. The number of pyridine rings is 1. The zero-order chi connectivity index (χ0) is 19.8. The topological polar surface area (TPSA) is 80.0 Å². The lowest BCUT2D eigenvalue weighted by Crippen LogP contribution is -2.38. The standard InChI is InChI=1S/C20H24ClN7/c1-15-26-27-19(28(15)2)14-25-20(24-13-16-6-4-3-5-7-16)22-11-10-17-8-9-18(21)23-12-17/h3-9,12H,10-11,13-14H2,1-2H3,(H2,22,24,25). The summed E-state index contributed by atoms with van der Waals surface area (Å²) in [5.41, 5.74) is 2.27. The van der Waals surface area contributed by atoms with Gasteiger partial charge in [-0.25, -0.2) is 9.98 Å². The number of guanidine groups is 1. The highest BCUT2D eigenvalue weighted by Crippen LogP contribution is 2.05. The number of aromatic nitrogens is 4. The lowest BCUT2D eigenvalue weighted by atomic mass is 10.2. The summed E-state index contributed by atoms with van der Waals surface area (Å²) in [6.07, 6.45) is 2.61. The molecule has 0 spiro atoms. The SMILES string of the molecule is Cc1nnc(CNC(=NCc2ccccc2)NCCc2ccc(Cl)nc2)n1C. The van der Waals surface area contributed by atoms with Gasteiger partial charge in [0.25, 0.3) is 0 Å². The number of nitrogens with zero attached hydrogens (tertiary/aromatic N) is 5. The molecule has 0 unspecified atom stereocenters. The van der Waals surface area contributed by atoms with Crippen molar-refractivity contribution in [2.45, 2.75) is 26.4 Å². The molecule has 0 fully saturated rings. The summed E-state index contributed by atoms with van der Waals surface area (Å²) in [4.78, 5) is 8.81. The first-order valence-corrected chi connectivity index (χ1v) is 9.51. The van der Waals surface area contributed by atoms with Crippen LogP contribution in [0.4, 0.5) is 0 Å². The van der Waals surface area contributed by atoms with Gasteiger partial charge in [0, 0.05) is 19.8 Å². The third-order valence-corrected chi connectivity index (χ3v) is 4.58. The molecular weight excluding hydrogens is 374 g/mol. The van der Waals surface area contributed by atoms with Gasteiger partial charge in [-0.2, -0.15) is 0 Å². The van der Waals surface area contributed by atoms with Crippen LogP contribution >= 0.6 is 11.6 Å². The number of benzene rings is 1. The Morgan fingerprint density at radius 3 is 2.57 bits per heavy atom. The van der Waals surface area contributed by atoms with Gasteiger partial charge < -0.3 is 15.2 Å². The number of nitrogens with one attached hydrogen (secondary N) is 2. The van der Waals surface area contributed by atoms with Crippen molar-refractivity contribution in [3.63, 3.8) is 0 Å². The first kappa shape index (κ1) is 19.8. The van der Waals surface area contributed by atoms with Crippen molar-refractivity contribution in [2.24, 2.45) is 12.0 Å². The monoisotopic (exact) mass is 397 g/mol. The first-order chi connectivity index (χ1) is 13.6. The van der Waals surface area contributed by atoms with Crippen molar-refractivity contribution in [3.8, 4) is 0 Å². The van der Waals surface area contributed by atoms with Gasteiger partial charge in [-0.1, -0.05) is 48.0 Å². The fourth-order valence-electron chi connectivity index (χ4n) is 2.58. The van der Waals surface area contributed by atoms with Crippen LogP contribution in [0.3, 0.4) is 0 Å². The highest BCUT2D eigenvalue weighted by molar-refractivity contribution is 6.29. The number of aryl methyl sites for hydroxylation is 1. The molecule has 7 nitrogen and oxygen atoms in total. The Morgan fingerprint density at radius 1 is 1.07 bits per heavy atom. The zero-order valence-electron chi connectivity index (χ0n) is 16.1. The molecule has 146 valence electrons. The highest BCUT2D eigenvalue weighted by Gasteiger charge is 2.06. The van der Waals surface area contributed by atoms with E-state index < -0.39 is 0 Å². The van der Waals surface area contributed by atoms with Crippen LogP contribution in [0.15, 0.2) is 53.7 Å². The minimum atomic E-state index is 0.502. The summed E-state index contributed by atoms with van der Waals surface area (Å²) in [5, 5.41) is 15.5. The molecule has 3 rings (SSSR count). The molecule has 0 aliphatic carbocycles. The van der Waals surface area contributed by atoms with Gasteiger partial charge in [0.15, 0.2) is 11.8 Å². The van der Waals surface area contributed by atoms with E-state index in [1.165, 1.54) is 0 Å². The van der Waals surface area contributed by atoms with E-state index in [2.05, 4.69) is 37.9 Å². The van der Waals surface area contributed by atoms with E-state index in [0.717, 1.165) is 41.7 Å². The average Bonchev–Trinajstić information content (AvgIpc) is 3.04. The summed E-state index contributed by atoms with van der Waals surface area (Å²) in [7, 11) is 1.95. The fourth-order valence-corrected chi connectivity index (χ4v) is 2.69. The van der Waals surface area contributed by atoms with Gasteiger partial charge in [0.2, 0.25) is 0 Å². The van der Waals surface area contributed by atoms with Crippen LogP contribution in [-0.4, -0.2) is 32.3 Å². The van der Waals surface area contributed by atoms with Crippen molar-refractivity contribution in [3.05, 3.63) is 76.6 Å². The Hall–Kier alpha value is -2.93.